The minimum absolute atomic E-state index is 0.163. The number of nitrogens with zero attached hydrogens (tertiary/aromatic N) is 1. The third-order valence-electron chi connectivity index (χ3n) is 4.00. The Morgan fingerprint density at radius 3 is 2.41 bits per heavy atom. The van der Waals surface area contributed by atoms with E-state index >= 15 is 0 Å². The second kappa shape index (κ2) is 7.74. The number of carbonyl (C=O) groups is 1. The number of para-hydroxylation sites is 1. The molecule has 0 radical (unpaired) electrons. The third kappa shape index (κ3) is 4.25. The van der Waals surface area contributed by atoms with E-state index in [1.165, 1.54) is 4.70 Å². The summed E-state index contributed by atoms with van der Waals surface area (Å²) in [4.78, 5) is 16.8. The van der Waals surface area contributed by atoms with Crippen LogP contribution < -0.4 is 5.32 Å². The zero-order chi connectivity index (χ0) is 18.6. The molecule has 0 fully saturated rings. The molecule has 0 aliphatic rings. The highest BCUT2D eigenvalue weighted by atomic mass is 35.5. The van der Waals surface area contributed by atoms with Gasteiger partial charge in [-0.05, 0) is 60.2 Å². The molecule has 5 heteroatoms. The van der Waals surface area contributed by atoms with E-state index in [0.717, 1.165) is 21.8 Å². The molecule has 4 rings (SSSR count). The number of thiazole rings is 1. The highest BCUT2D eigenvalue weighted by Crippen LogP contribution is 2.23. The van der Waals surface area contributed by atoms with Crippen LogP contribution in [0.5, 0.6) is 0 Å². The summed E-state index contributed by atoms with van der Waals surface area (Å²) in [6.45, 7) is 0. The molecule has 0 aliphatic heterocycles. The lowest BCUT2D eigenvalue weighted by Gasteiger charge is -2.05. The maximum absolute atomic E-state index is 12.2. The van der Waals surface area contributed by atoms with Crippen LogP contribution in [0.25, 0.3) is 22.4 Å². The predicted octanol–water partition coefficient (Wildman–Crippen LogP) is 6.37. The molecule has 1 heterocycles. The Morgan fingerprint density at radius 1 is 0.926 bits per heavy atom. The first-order chi connectivity index (χ1) is 13.2. The summed E-state index contributed by atoms with van der Waals surface area (Å²) >= 11 is 7.51. The fourth-order valence-electron chi connectivity index (χ4n) is 2.61. The summed E-state index contributed by atoms with van der Waals surface area (Å²) in [5.74, 6) is -0.163. The van der Waals surface area contributed by atoms with E-state index in [9.17, 15) is 4.79 Å². The zero-order valence-electron chi connectivity index (χ0n) is 14.2. The maximum atomic E-state index is 12.2. The number of carbonyl (C=O) groups excluding carboxylic acids is 1. The van der Waals surface area contributed by atoms with Gasteiger partial charge in [0, 0.05) is 16.3 Å². The van der Waals surface area contributed by atoms with Crippen molar-refractivity contribution >= 4 is 56.9 Å². The zero-order valence-corrected chi connectivity index (χ0v) is 15.8. The second-order valence-corrected chi connectivity index (χ2v) is 7.43. The SMILES string of the molecule is O=C(Nc1ccc(/C=C/c2nc3ccccc3s2)cc1)c1ccc(Cl)cc1. The predicted molar refractivity (Wildman–Crippen MR) is 114 cm³/mol. The van der Waals surface area contributed by atoms with Crippen molar-refractivity contribution in [2.24, 2.45) is 0 Å². The molecule has 4 aromatic rings. The largest absolute Gasteiger partial charge is 0.322 e. The number of benzene rings is 3. The molecule has 0 saturated carbocycles. The quantitative estimate of drug-likeness (QED) is 0.439. The first-order valence-electron chi connectivity index (χ1n) is 8.38. The Balaban J connectivity index is 1.43. The number of nitrogens with one attached hydrogen (secondary N) is 1. The number of rotatable bonds is 4. The van der Waals surface area contributed by atoms with Gasteiger partial charge in [-0.1, -0.05) is 41.9 Å². The van der Waals surface area contributed by atoms with Gasteiger partial charge in [0.2, 0.25) is 0 Å². The van der Waals surface area contributed by atoms with E-state index in [1.807, 2.05) is 54.6 Å². The molecule has 0 atom stereocenters. The van der Waals surface area contributed by atoms with Crippen LogP contribution in [0.1, 0.15) is 20.9 Å². The van der Waals surface area contributed by atoms with Crippen LogP contribution in [0, 0.1) is 0 Å². The van der Waals surface area contributed by atoms with Gasteiger partial charge >= 0.3 is 0 Å². The number of hydrogen-bond donors (Lipinski definition) is 1. The number of amides is 1. The van der Waals surface area contributed by atoms with Crippen LogP contribution in [-0.4, -0.2) is 10.9 Å². The summed E-state index contributed by atoms with van der Waals surface area (Å²) in [7, 11) is 0. The second-order valence-electron chi connectivity index (χ2n) is 5.94. The van der Waals surface area contributed by atoms with Crippen LogP contribution >= 0.6 is 22.9 Å². The van der Waals surface area contributed by atoms with Crippen molar-refractivity contribution in [3.8, 4) is 0 Å². The average Bonchev–Trinajstić information content (AvgIpc) is 3.11. The number of halogens is 1. The van der Waals surface area contributed by atoms with Gasteiger partial charge in [0.15, 0.2) is 0 Å². The number of fused-ring (bicyclic) bond motifs is 1. The van der Waals surface area contributed by atoms with Crippen molar-refractivity contribution in [3.05, 3.63) is 94.0 Å². The van der Waals surface area contributed by atoms with Crippen LogP contribution in [0.4, 0.5) is 5.69 Å². The van der Waals surface area contributed by atoms with Crippen molar-refractivity contribution < 1.29 is 4.79 Å². The molecular weight excluding hydrogens is 376 g/mol. The summed E-state index contributed by atoms with van der Waals surface area (Å²) in [5, 5.41) is 4.46. The van der Waals surface area contributed by atoms with Crippen molar-refractivity contribution in [2.75, 3.05) is 5.32 Å². The molecule has 0 bridgehead atoms. The van der Waals surface area contributed by atoms with E-state index < -0.39 is 0 Å². The first kappa shape index (κ1) is 17.5. The third-order valence-corrected chi connectivity index (χ3v) is 5.26. The Bertz CT molecular complexity index is 1080. The van der Waals surface area contributed by atoms with Crippen LogP contribution in [0.2, 0.25) is 5.02 Å². The molecule has 1 amide bonds. The molecule has 0 spiro atoms. The fourth-order valence-corrected chi connectivity index (χ4v) is 3.61. The summed E-state index contributed by atoms with van der Waals surface area (Å²) in [5.41, 5.74) is 3.37. The molecule has 0 saturated heterocycles. The Hall–Kier alpha value is -2.95. The highest BCUT2D eigenvalue weighted by molar-refractivity contribution is 7.19. The van der Waals surface area contributed by atoms with Gasteiger partial charge in [0.25, 0.3) is 5.91 Å². The first-order valence-corrected chi connectivity index (χ1v) is 9.57. The Morgan fingerprint density at radius 2 is 1.67 bits per heavy atom. The Labute approximate surface area is 166 Å². The molecule has 0 aliphatic carbocycles. The van der Waals surface area contributed by atoms with Gasteiger partial charge in [0.1, 0.15) is 5.01 Å². The van der Waals surface area contributed by atoms with Crippen LogP contribution in [0.15, 0.2) is 72.8 Å². The van der Waals surface area contributed by atoms with Gasteiger partial charge in [-0.2, -0.15) is 0 Å². The Kier molecular flexibility index (Phi) is 5.01. The summed E-state index contributed by atoms with van der Waals surface area (Å²) in [6.07, 6.45) is 4.02. The minimum atomic E-state index is -0.163. The molecule has 27 heavy (non-hydrogen) atoms. The van der Waals surface area contributed by atoms with Crippen molar-refractivity contribution in [3.63, 3.8) is 0 Å². The van der Waals surface area contributed by atoms with Gasteiger partial charge in [-0.25, -0.2) is 4.98 Å². The monoisotopic (exact) mass is 390 g/mol. The van der Waals surface area contributed by atoms with E-state index in [2.05, 4.69) is 16.4 Å². The molecule has 0 unspecified atom stereocenters. The molecule has 3 aromatic carbocycles. The van der Waals surface area contributed by atoms with Gasteiger partial charge in [-0.15, -0.1) is 11.3 Å². The normalized spacial score (nSPS) is 11.1. The standard InChI is InChI=1S/C22H15ClN2OS/c23-17-10-8-16(9-11-17)22(26)24-18-12-5-15(6-13-18)7-14-21-25-19-3-1-2-4-20(19)27-21/h1-14H,(H,24,26)/b14-7+. The summed E-state index contributed by atoms with van der Waals surface area (Å²) < 4.78 is 1.18. The van der Waals surface area contributed by atoms with Gasteiger partial charge in [0.05, 0.1) is 10.2 Å². The molecule has 3 nitrogen and oxygen atoms in total. The number of anilines is 1. The molecule has 132 valence electrons. The molecule has 1 N–H and O–H groups in total. The molecular formula is C22H15ClN2OS. The number of aromatic nitrogens is 1. The van der Waals surface area contributed by atoms with Crippen molar-refractivity contribution in [1.29, 1.82) is 0 Å². The summed E-state index contributed by atoms with van der Waals surface area (Å²) in [6, 6.07) is 22.6. The number of hydrogen-bond acceptors (Lipinski definition) is 3. The van der Waals surface area contributed by atoms with Gasteiger partial charge < -0.3 is 5.32 Å². The lowest BCUT2D eigenvalue weighted by Crippen LogP contribution is -2.11. The average molecular weight is 391 g/mol. The van der Waals surface area contributed by atoms with Crippen LogP contribution in [0.3, 0.4) is 0 Å². The van der Waals surface area contributed by atoms with E-state index in [0.29, 0.717) is 10.6 Å². The topological polar surface area (TPSA) is 42.0 Å². The smallest absolute Gasteiger partial charge is 0.255 e. The van der Waals surface area contributed by atoms with E-state index in [-0.39, 0.29) is 5.91 Å². The van der Waals surface area contributed by atoms with E-state index in [4.69, 9.17) is 11.6 Å². The molecule has 1 aromatic heterocycles. The fraction of sp³-hybridized carbons (Fsp3) is 0. The van der Waals surface area contributed by atoms with Gasteiger partial charge in [-0.3, -0.25) is 4.79 Å². The van der Waals surface area contributed by atoms with Crippen LogP contribution in [-0.2, 0) is 0 Å². The lowest BCUT2D eigenvalue weighted by molar-refractivity contribution is 0.102. The maximum Gasteiger partial charge on any atom is 0.255 e. The van der Waals surface area contributed by atoms with Crippen molar-refractivity contribution in [2.45, 2.75) is 0 Å². The highest BCUT2D eigenvalue weighted by Gasteiger charge is 2.05. The minimum Gasteiger partial charge on any atom is -0.322 e. The van der Waals surface area contributed by atoms with Crippen molar-refractivity contribution in [1.82, 2.24) is 4.98 Å². The van der Waals surface area contributed by atoms with E-state index in [1.54, 1.807) is 35.6 Å². The lowest BCUT2D eigenvalue weighted by atomic mass is 10.1.